The minimum absolute atomic E-state index is 0.109. The van der Waals surface area contributed by atoms with Gasteiger partial charge in [0, 0.05) is 16.6 Å². The minimum Gasteiger partial charge on any atom is -0.306 e. The Bertz CT molecular complexity index is 1110. The van der Waals surface area contributed by atoms with E-state index in [0.29, 0.717) is 22.6 Å². The van der Waals surface area contributed by atoms with Gasteiger partial charge >= 0.3 is 0 Å². The Kier molecular flexibility index (Phi) is 5.67. The highest BCUT2D eigenvalue weighted by molar-refractivity contribution is 7.15. The highest BCUT2D eigenvalue weighted by Gasteiger charge is 2.26. The van der Waals surface area contributed by atoms with Crippen molar-refractivity contribution in [1.29, 1.82) is 0 Å². The second-order valence-corrected chi connectivity index (χ2v) is 8.22. The van der Waals surface area contributed by atoms with Gasteiger partial charge < -0.3 is 10.6 Å². The first-order chi connectivity index (χ1) is 14.5. The highest BCUT2D eigenvalue weighted by Crippen LogP contribution is 2.43. The third-order valence-corrected chi connectivity index (χ3v) is 5.96. The molecule has 2 aromatic heterocycles. The van der Waals surface area contributed by atoms with Crippen molar-refractivity contribution >= 4 is 34.1 Å². The number of amides is 2. The summed E-state index contributed by atoms with van der Waals surface area (Å²) in [4.78, 5) is 38.3. The van der Waals surface area contributed by atoms with E-state index in [2.05, 4.69) is 32.2 Å². The molecule has 0 spiro atoms. The first-order valence-electron chi connectivity index (χ1n) is 9.66. The zero-order chi connectivity index (χ0) is 21.1. The summed E-state index contributed by atoms with van der Waals surface area (Å²) in [7, 11) is 0. The third kappa shape index (κ3) is 4.60. The van der Waals surface area contributed by atoms with Gasteiger partial charge in [-0.05, 0) is 43.4 Å². The molecule has 7 nitrogen and oxygen atoms in total. The molecule has 0 aliphatic heterocycles. The summed E-state index contributed by atoms with van der Waals surface area (Å²) in [6.07, 6.45) is 8.53. The molecule has 1 aliphatic carbocycles. The molecule has 2 amide bonds. The molecule has 1 atom stereocenters. The van der Waals surface area contributed by atoms with Crippen LogP contribution in [-0.2, 0) is 9.59 Å². The molecule has 2 N–H and O–H groups in total. The fraction of sp³-hybridized carbons (Fsp3) is 0.227. The quantitative estimate of drug-likeness (QED) is 0.555. The van der Waals surface area contributed by atoms with Crippen molar-refractivity contribution in [3.8, 4) is 11.3 Å². The van der Waals surface area contributed by atoms with Crippen molar-refractivity contribution in [2.45, 2.75) is 31.6 Å². The van der Waals surface area contributed by atoms with Crippen LogP contribution in [0.3, 0.4) is 0 Å². The molecule has 0 saturated heterocycles. The second-order valence-electron chi connectivity index (χ2n) is 7.16. The van der Waals surface area contributed by atoms with Crippen LogP contribution in [0, 0.1) is 0 Å². The zero-order valence-electron chi connectivity index (χ0n) is 16.5. The van der Waals surface area contributed by atoms with Gasteiger partial charge in [0.05, 0.1) is 24.0 Å². The Labute approximate surface area is 178 Å². The van der Waals surface area contributed by atoms with Gasteiger partial charge in [-0.15, -0.1) is 11.3 Å². The van der Waals surface area contributed by atoms with Crippen molar-refractivity contribution < 1.29 is 9.59 Å². The fourth-order valence-electron chi connectivity index (χ4n) is 2.98. The maximum atomic E-state index is 12.7. The number of hydrogen-bond donors (Lipinski definition) is 2. The van der Waals surface area contributed by atoms with E-state index in [1.54, 1.807) is 17.5 Å². The number of nitrogens with zero attached hydrogens (tertiary/aromatic N) is 3. The van der Waals surface area contributed by atoms with E-state index in [9.17, 15) is 9.59 Å². The molecule has 1 aliphatic rings. The predicted octanol–water partition coefficient (Wildman–Crippen LogP) is 4.34. The van der Waals surface area contributed by atoms with Gasteiger partial charge in [0.2, 0.25) is 11.8 Å². The molecule has 0 radical (unpaired) electrons. The molecule has 2 heterocycles. The molecular formula is C22H21N5O2S. The van der Waals surface area contributed by atoms with Crippen molar-refractivity contribution in [2.75, 3.05) is 10.6 Å². The second kappa shape index (κ2) is 8.54. The lowest BCUT2D eigenvalue weighted by Crippen LogP contribution is -2.18. The van der Waals surface area contributed by atoms with Gasteiger partial charge in [-0.1, -0.05) is 24.8 Å². The van der Waals surface area contributed by atoms with Crippen LogP contribution in [0.25, 0.3) is 11.3 Å². The minimum atomic E-state index is -0.366. The Morgan fingerprint density at radius 2 is 2.07 bits per heavy atom. The van der Waals surface area contributed by atoms with Crippen LogP contribution < -0.4 is 10.6 Å². The van der Waals surface area contributed by atoms with Crippen molar-refractivity contribution in [3.63, 3.8) is 0 Å². The van der Waals surface area contributed by atoms with Crippen LogP contribution in [0.2, 0.25) is 0 Å². The molecule has 30 heavy (non-hydrogen) atoms. The summed E-state index contributed by atoms with van der Waals surface area (Å²) in [5.41, 5.74) is 2.26. The fourth-order valence-corrected chi connectivity index (χ4v) is 3.96. The lowest BCUT2D eigenvalue weighted by molar-refractivity contribution is -0.117. The summed E-state index contributed by atoms with van der Waals surface area (Å²) in [5, 5.41) is 6.16. The summed E-state index contributed by atoms with van der Waals surface area (Å²) >= 11 is 1.55. The first kappa shape index (κ1) is 19.9. The number of anilines is 2. The van der Waals surface area contributed by atoms with E-state index >= 15 is 0 Å². The van der Waals surface area contributed by atoms with Crippen LogP contribution in [-0.4, -0.2) is 26.8 Å². The number of aromatic nitrogens is 3. The molecular weight excluding hydrogens is 398 g/mol. The van der Waals surface area contributed by atoms with Gasteiger partial charge in [-0.3, -0.25) is 14.6 Å². The topological polar surface area (TPSA) is 96.9 Å². The Morgan fingerprint density at radius 1 is 1.23 bits per heavy atom. The van der Waals surface area contributed by atoms with Crippen molar-refractivity contribution in [3.05, 3.63) is 66.0 Å². The molecule has 0 bridgehead atoms. The van der Waals surface area contributed by atoms with Gasteiger partial charge in [0.1, 0.15) is 0 Å². The molecule has 152 valence electrons. The van der Waals surface area contributed by atoms with E-state index < -0.39 is 0 Å². The molecule has 1 saturated carbocycles. The normalized spacial score (nSPS) is 14.0. The molecule has 1 fully saturated rings. The molecule has 3 aromatic rings. The maximum Gasteiger partial charge on any atom is 0.248 e. The Morgan fingerprint density at radius 3 is 2.83 bits per heavy atom. The Balaban J connectivity index is 1.49. The van der Waals surface area contributed by atoms with Gasteiger partial charge in [0.25, 0.3) is 0 Å². The van der Waals surface area contributed by atoms with Gasteiger partial charge in [-0.25, -0.2) is 9.97 Å². The lowest BCUT2D eigenvalue weighted by atomic mass is 9.97. The number of carbonyl (C=O) groups is 2. The summed E-state index contributed by atoms with van der Waals surface area (Å²) in [5.74, 6) is 0.128. The summed E-state index contributed by atoms with van der Waals surface area (Å²) in [6.45, 7) is 5.28. The molecule has 1 unspecified atom stereocenters. The number of hydrogen-bond acceptors (Lipinski definition) is 6. The monoisotopic (exact) mass is 419 g/mol. The number of carbonyl (C=O) groups excluding carboxylic acids is 2. The number of benzene rings is 1. The zero-order valence-corrected chi connectivity index (χ0v) is 17.3. The Hall–Kier alpha value is -3.39. The third-order valence-electron chi connectivity index (χ3n) is 4.88. The van der Waals surface area contributed by atoms with Crippen molar-refractivity contribution in [1.82, 2.24) is 15.0 Å². The highest BCUT2D eigenvalue weighted by atomic mass is 32.1. The average molecular weight is 420 g/mol. The van der Waals surface area contributed by atoms with E-state index in [1.165, 1.54) is 30.0 Å². The number of nitrogens with one attached hydrogen (secondary N) is 2. The summed E-state index contributed by atoms with van der Waals surface area (Å²) in [6, 6.07) is 7.58. The van der Waals surface area contributed by atoms with Crippen LogP contribution in [0.4, 0.5) is 10.9 Å². The van der Waals surface area contributed by atoms with Crippen LogP contribution in [0.5, 0.6) is 0 Å². The van der Waals surface area contributed by atoms with Gasteiger partial charge in [-0.2, -0.15) is 0 Å². The number of rotatable bonds is 7. The van der Waals surface area contributed by atoms with E-state index in [1.807, 2.05) is 37.4 Å². The standard InChI is InChI=1S/C22H21N5O2S/c1-3-20(28)26-19-12-23-10-17(25-19)16-6-4-5-15(9-16)13(2)21(29)27-22-24-11-18(30-22)14-7-8-14/h3-6,9-14H,1,7-8H2,2H3,(H,24,27,29)(H,25,26,28). The van der Waals surface area contributed by atoms with E-state index in [-0.39, 0.29) is 17.7 Å². The van der Waals surface area contributed by atoms with E-state index in [4.69, 9.17) is 0 Å². The molecule has 8 heteroatoms. The SMILES string of the molecule is C=CC(=O)Nc1cncc(-c2cccc(C(C)C(=O)Nc3ncc(C4CC4)s3)c2)n1. The van der Waals surface area contributed by atoms with Crippen LogP contribution >= 0.6 is 11.3 Å². The summed E-state index contributed by atoms with van der Waals surface area (Å²) < 4.78 is 0. The predicted molar refractivity (Wildman–Crippen MR) is 117 cm³/mol. The first-order valence-corrected chi connectivity index (χ1v) is 10.5. The lowest BCUT2D eigenvalue weighted by Gasteiger charge is -2.12. The molecule has 1 aromatic carbocycles. The average Bonchev–Trinajstić information content (AvgIpc) is 3.52. The van der Waals surface area contributed by atoms with Crippen molar-refractivity contribution in [2.24, 2.45) is 0 Å². The van der Waals surface area contributed by atoms with Crippen LogP contribution in [0.1, 0.15) is 42.0 Å². The smallest absolute Gasteiger partial charge is 0.248 e. The maximum absolute atomic E-state index is 12.7. The molecule has 4 rings (SSSR count). The largest absolute Gasteiger partial charge is 0.306 e. The van der Waals surface area contributed by atoms with E-state index in [0.717, 1.165) is 11.1 Å². The van der Waals surface area contributed by atoms with Gasteiger partial charge in [0.15, 0.2) is 10.9 Å². The number of thiazole rings is 1. The van der Waals surface area contributed by atoms with Crippen LogP contribution in [0.15, 0.2) is 55.5 Å².